The van der Waals surface area contributed by atoms with Gasteiger partial charge in [-0.3, -0.25) is 0 Å². The Morgan fingerprint density at radius 3 is 2.71 bits per heavy atom. The first-order valence-corrected chi connectivity index (χ1v) is 8.37. The second-order valence-corrected chi connectivity index (χ2v) is 6.25. The summed E-state index contributed by atoms with van der Waals surface area (Å²) >= 11 is 0. The number of aryl methyl sites for hydroxylation is 2. The Morgan fingerprint density at radius 1 is 1.18 bits per heavy atom. The number of anilines is 1. The molecule has 4 rings (SSSR count). The molecule has 0 saturated carbocycles. The van der Waals surface area contributed by atoms with Gasteiger partial charge in [0.05, 0.1) is 23.1 Å². The normalized spacial score (nSPS) is 11.9. The Bertz CT molecular complexity index is 1130. The molecule has 4 aromatic rings. The number of aromatic amines is 1. The molecule has 0 amide bonds. The molecule has 0 aliphatic carbocycles. The summed E-state index contributed by atoms with van der Waals surface area (Å²) in [6, 6.07) is 5.13. The molecule has 3 heterocycles. The summed E-state index contributed by atoms with van der Waals surface area (Å²) in [5.41, 5.74) is 2.06. The first-order valence-electron chi connectivity index (χ1n) is 8.37. The van der Waals surface area contributed by atoms with Crippen LogP contribution in [0.5, 0.6) is 0 Å². The summed E-state index contributed by atoms with van der Waals surface area (Å²) in [7, 11) is 0. The second kappa shape index (κ2) is 6.63. The van der Waals surface area contributed by atoms with Gasteiger partial charge in [-0.2, -0.15) is 13.2 Å². The van der Waals surface area contributed by atoms with Crippen molar-refractivity contribution >= 4 is 17.0 Å². The highest BCUT2D eigenvalue weighted by atomic mass is 19.4. The number of benzene rings is 1. The monoisotopic (exact) mass is 388 g/mol. The lowest BCUT2D eigenvalue weighted by Crippen LogP contribution is -2.08. The van der Waals surface area contributed by atoms with E-state index in [9.17, 15) is 13.2 Å². The molecule has 28 heavy (non-hydrogen) atoms. The van der Waals surface area contributed by atoms with Gasteiger partial charge < -0.3 is 14.8 Å². The smallest absolute Gasteiger partial charge is 0.364 e. The molecule has 0 aliphatic rings. The van der Waals surface area contributed by atoms with Gasteiger partial charge in [-0.15, -0.1) is 0 Å². The van der Waals surface area contributed by atoms with Crippen molar-refractivity contribution in [3.05, 3.63) is 53.2 Å². The molecule has 0 unspecified atom stereocenters. The number of halogens is 3. The van der Waals surface area contributed by atoms with Crippen molar-refractivity contribution in [1.82, 2.24) is 25.1 Å². The van der Waals surface area contributed by atoms with Crippen LogP contribution in [0, 0.1) is 13.8 Å². The zero-order valence-electron chi connectivity index (χ0n) is 14.9. The van der Waals surface area contributed by atoms with E-state index in [0.29, 0.717) is 45.4 Å². The summed E-state index contributed by atoms with van der Waals surface area (Å²) in [5, 5.41) is 6.98. The zero-order chi connectivity index (χ0) is 19.9. The number of imidazole rings is 1. The van der Waals surface area contributed by atoms with Gasteiger partial charge in [-0.1, -0.05) is 17.3 Å². The SMILES string of the molecule is Cc1noc(C)c1-c1nc(NCc2cccc(C(F)(F)F)c2)c2[nH]cnc2n1. The van der Waals surface area contributed by atoms with Crippen molar-refractivity contribution < 1.29 is 17.7 Å². The number of nitrogens with one attached hydrogen (secondary N) is 2. The van der Waals surface area contributed by atoms with Crippen molar-refractivity contribution in [2.75, 3.05) is 5.32 Å². The lowest BCUT2D eigenvalue weighted by molar-refractivity contribution is -0.137. The highest BCUT2D eigenvalue weighted by molar-refractivity contribution is 5.84. The Kier molecular flexibility index (Phi) is 4.25. The van der Waals surface area contributed by atoms with Crippen LogP contribution in [-0.2, 0) is 12.7 Å². The van der Waals surface area contributed by atoms with E-state index in [-0.39, 0.29) is 6.54 Å². The average molecular weight is 388 g/mol. The molecule has 1 aromatic carbocycles. The maximum atomic E-state index is 12.9. The number of alkyl halides is 3. The molecule has 0 aliphatic heterocycles. The molecule has 0 fully saturated rings. The molecule has 0 radical (unpaired) electrons. The Labute approximate surface area is 157 Å². The number of H-pyrrole nitrogens is 1. The first-order chi connectivity index (χ1) is 13.3. The summed E-state index contributed by atoms with van der Waals surface area (Å²) in [6.45, 7) is 3.68. The van der Waals surface area contributed by atoms with Gasteiger partial charge in [0.25, 0.3) is 0 Å². The van der Waals surface area contributed by atoms with Crippen molar-refractivity contribution in [1.29, 1.82) is 0 Å². The lowest BCUT2D eigenvalue weighted by atomic mass is 10.1. The van der Waals surface area contributed by atoms with Crippen LogP contribution in [0.3, 0.4) is 0 Å². The largest absolute Gasteiger partial charge is 0.416 e. The minimum atomic E-state index is -4.39. The first kappa shape index (κ1) is 18.0. The number of fused-ring (bicyclic) bond motifs is 1. The fourth-order valence-corrected chi connectivity index (χ4v) is 2.92. The van der Waals surface area contributed by atoms with Crippen LogP contribution in [0.4, 0.5) is 19.0 Å². The molecule has 0 saturated heterocycles. The molecule has 0 spiro atoms. The van der Waals surface area contributed by atoms with Gasteiger partial charge in [0.15, 0.2) is 17.3 Å². The van der Waals surface area contributed by atoms with E-state index in [2.05, 4.69) is 30.4 Å². The number of nitrogens with zero attached hydrogens (tertiary/aromatic N) is 4. The van der Waals surface area contributed by atoms with Crippen molar-refractivity contribution in [2.24, 2.45) is 0 Å². The minimum Gasteiger partial charge on any atom is -0.364 e. The molecule has 10 heteroatoms. The van der Waals surface area contributed by atoms with Gasteiger partial charge in [-0.05, 0) is 31.5 Å². The Balaban J connectivity index is 1.69. The number of aromatic nitrogens is 5. The summed E-state index contributed by atoms with van der Waals surface area (Å²) in [6.07, 6.45) is -2.91. The third kappa shape index (κ3) is 3.28. The van der Waals surface area contributed by atoms with Crippen molar-refractivity contribution in [3.8, 4) is 11.4 Å². The highest BCUT2D eigenvalue weighted by Gasteiger charge is 2.30. The molecular formula is C18H15F3N6O. The summed E-state index contributed by atoms with van der Waals surface area (Å²) in [4.78, 5) is 16.0. The Morgan fingerprint density at radius 2 is 2.00 bits per heavy atom. The van der Waals surface area contributed by atoms with Crippen molar-refractivity contribution in [3.63, 3.8) is 0 Å². The topological polar surface area (TPSA) is 92.5 Å². The van der Waals surface area contributed by atoms with E-state index in [1.54, 1.807) is 19.9 Å². The molecule has 7 nitrogen and oxygen atoms in total. The van der Waals surface area contributed by atoms with Crippen LogP contribution in [0.2, 0.25) is 0 Å². The number of rotatable bonds is 4. The minimum absolute atomic E-state index is 0.149. The fourth-order valence-electron chi connectivity index (χ4n) is 2.92. The number of hydrogen-bond acceptors (Lipinski definition) is 6. The predicted octanol–water partition coefficient (Wildman–Crippen LogP) is 4.26. The van der Waals surface area contributed by atoms with Crippen LogP contribution < -0.4 is 5.32 Å². The molecule has 144 valence electrons. The molecular weight excluding hydrogens is 373 g/mol. The van der Waals surface area contributed by atoms with Crippen LogP contribution in [0.1, 0.15) is 22.6 Å². The van der Waals surface area contributed by atoms with E-state index >= 15 is 0 Å². The summed E-state index contributed by atoms with van der Waals surface area (Å²) in [5.74, 6) is 1.37. The van der Waals surface area contributed by atoms with Gasteiger partial charge >= 0.3 is 6.18 Å². The standard InChI is InChI=1S/C18H15F3N6O/c1-9-13(10(2)28-27-9)15-25-16(14-17(26-15)24-8-23-14)22-7-11-4-3-5-12(6-11)18(19,20)21/h3-6,8H,7H2,1-2H3,(H2,22,23,24,25,26). The number of hydrogen-bond donors (Lipinski definition) is 2. The van der Waals surface area contributed by atoms with Crippen molar-refractivity contribution in [2.45, 2.75) is 26.6 Å². The lowest BCUT2D eigenvalue weighted by Gasteiger charge is -2.11. The Hall–Kier alpha value is -3.43. The second-order valence-electron chi connectivity index (χ2n) is 6.25. The zero-order valence-corrected chi connectivity index (χ0v) is 14.9. The van der Waals surface area contributed by atoms with Crippen LogP contribution in [-0.4, -0.2) is 25.1 Å². The maximum absolute atomic E-state index is 12.9. The average Bonchev–Trinajstić information content (AvgIpc) is 3.25. The third-order valence-electron chi connectivity index (χ3n) is 4.26. The molecule has 0 bridgehead atoms. The molecule has 2 N–H and O–H groups in total. The fraction of sp³-hybridized carbons (Fsp3) is 0.222. The van der Waals surface area contributed by atoms with Gasteiger partial charge in [0.1, 0.15) is 11.3 Å². The highest BCUT2D eigenvalue weighted by Crippen LogP contribution is 2.30. The van der Waals surface area contributed by atoms with Gasteiger partial charge in [0, 0.05) is 6.54 Å². The van der Waals surface area contributed by atoms with E-state index in [1.165, 1.54) is 12.4 Å². The van der Waals surface area contributed by atoms with E-state index in [0.717, 1.165) is 12.1 Å². The van der Waals surface area contributed by atoms with Crippen LogP contribution >= 0.6 is 0 Å². The molecule has 0 atom stereocenters. The molecule has 3 aromatic heterocycles. The van der Waals surface area contributed by atoms with Gasteiger partial charge in [0.2, 0.25) is 0 Å². The van der Waals surface area contributed by atoms with Crippen LogP contribution in [0.25, 0.3) is 22.6 Å². The third-order valence-corrected chi connectivity index (χ3v) is 4.26. The van der Waals surface area contributed by atoms with E-state index in [1.807, 2.05) is 0 Å². The maximum Gasteiger partial charge on any atom is 0.416 e. The summed E-state index contributed by atoms with van der Waals surface area (Å²) < 4.78 is 43.9. The van der Waals surface area contributed by atoms with Gasteiger partial charge in [-0.25, -0.2) is 15.0 Å². The quantitative estimate of drug-likeness (QED) is 0.543. The van der Waals surface area contributed by atoms with Crippen LogP contribution in [0.15, 0.2) is 35.1 Å². The van der Waals surface area contributed by atoms with E-state index < -0.39 is 11.7 Å². The van der Waals surface area contributed by atoms with E-state index in [4.69, 9.17) is 4.52 Å². The predicted molar refractivity (Wildman–Crippen MR) is 95.4 cm³/mol.